The molecule has 6 heteroatoms. The summed E-state index contributed by atoms with van der Waals surface area (Å²) in [4.78, 5) is 6.90. The molecule has 2 atom stereocenters. The van der Waals surface area contributed by atoms with Gasteiger partial charge in [0.15, 0.2) is 5.11 Å². The molecule has 2 aliphatic rings. The van der Waals surface area contributed by atoms with Gasteiger partial charge in [0.1, 0.15) is 11.5 Å². The van der Waals surface area contributed by atoms with Crippen LogP contribution in [0.15, 0.2) is 91.4 Å². The number of thiocarbonyl (C=S) groups is 1. The third-order valence-corrected chi connectivity index (χ3v) is 7.61. The minimum absolute atomic E-state index is 0.00100. The zero-order valence-electron chi connectivity index (χ0n) is 20.4. The first-order chi connectivity index (χ1) is 17.7. The molecule has 0 radical (unpaired) electrons. The molecule has 1 N–H and O–H groups in total. The molecule has 1 aliphatic carbocycles. The minimum atomic E-state index is -0.0402. The van der Waals surface area contributed by atoms with Crippen LogP contribution in [0.4, 0.5) is 5.69 Å². The number of rotatable bonds is 6. The fourth-order valence-corrected chi connectivity index (χ4v) is 5.77. The lowest BCUT2D eigenvalue weighted by Crippen LogP contribution is -2.29. The van der Waals surface area contributed by atoms with Crippen LogP contribution >= 0.6 is 12.2 Å². The van der Waals surface area contributed by atoms with Crippen molar-refractivity contribution < 1.29 is 4.74 Å². The number of aromatic nitrogens is 2. The molecular weight excluding hydrogens is 464 g/mol. The molecule has 3 heterocycles. The summed E-state index contributed by atoms with van der Waals surface area (Å²) >= 11 is 5.89. The van der Waals surface area contributed by atoms with E-state index in [1.165, 1.54) is 36.8 Å². The molecule has 2 unspecified atom stereocenters. The van der Waals surface area contributed by atoms with Crippen LogP contribution in [0.25, 0.3) is 0 Å². The average Bonchev–Trinajstić information content (AvgIpc) is 3.66. The standard InChI is InChI=1S/C30H30N4OS/c1-21-9-13-25(14-10-21)35-26-15-11-24(12-16-26)34-29(22-17-19-33(20-22)23-6-2-3-7-23)28(32-30(34)36)27-8-4-5-18-31-27/h4-5,8-20,23,28-29H,2-3,6-7H2,1H3,(H,32,36). The lowest BCUT2D eigenvalue weighted by Gasteiger charge is -2.27. The molecule has 2 aromatic carbocycles. The van der Waals surface area contributed by atoms with Crippen molar-refractivity contribution in [3.05, 3.63) is 108 Å². The highest BCUT2D eigenvalue weighted by molar-refractivity contribution is 7.80. The number of nitrogens with zero attached hydrogens (tertiary/aromatic N) is 3. The molecule has 1 aliphatic heterocycles. The van der Waals surface area contributed by atoms with Crippen molar-refractivity contribution in [1.82, 2.24) is 14.9 Å². The predicted molar refractivity (Wildman–Crippen MR) is 148 cm³/mol. The smallest absolute Gasteiger partial charge is 0.174 e. The van der Waals surface area contributed by atoms with E-state index >= 15 is 0 Å². The lowest BCUT2D eigenvalue weighted by molar-refractivity contribution is 0.482. The maximum Gasteiger partial charge on any atom is 0.174 e. The van der Waals surface area contributed by atoms with Gasteiger partial charge in [-0.3, -0.25) is 4.98 Å². The monoisotopic (exact) mass is 494 g/mol. The number of pyridine rings is 1. The quantitative estimate of drug-likeness (QED) is 0.285. The molecule has 36 heavy (non-hydrogen) atoms. The summed E-state index contributed by atoms with van der Waals surface area (Å²) in [7, 11) is 0. The van der Waals surface area contributed by atoms with Crippen molar-refractivity contribution in [2.24, 2.45) is 0 Å². The Morgan fingerprint density at radius 2 is 1.64 bits per heavy atom. The first-order valence-corrected chi connectivity index (χ1v) is 13.1. The normalized spacial score (nSPS) is 20.0. The van der Waals surface area contributed by atoms with Gasteiger partial charge in [0.25, 0.3) is 0 Å². The van der Waals surface area contributed by atoms with Gasteiger partial charge in [0.2, 0.25) is 0 Å². The van der Waals surface area contributed by atoms with E-state index < -0.39 is 0 Å². The summed E-state index contributed by atoms with van der Waals surface area (Å²) in [5.74, 6) is 1.62. The molecular formula is C30H30N4OS. The van der Waals surface area contributed by atoms with Crippen LogP contribution in [-0.2, 0) is 0 Å². The molecule has 6 rings (SSSR count). The Hall–Kier alpha value is -3.64. The van der Waals surface area contributed by atoms with Crippen molar-refractivity contribution in [3.8, 4) is 11.5 Å². The van der Waals surface area contributed by atoms with Crippen molar-refractivity contribution in [2.45, 2.75) is 50.7 Å². The molecule has 0 amide bonds. The maximum atomic E-state index is 6.06. The molecule has 1 saturated heterocycles. The van der Waals surface area contributed by atoms with Crippen LogP contribution in [-0.4, -0.2) is 14.7 Å². The van der Waals surface area contributed by atoms with E-state index in [0.29, 0.717) is 11.2 Å². The van der Waals surface area contributed by atoms with Gasteiger partial charge in [-0.1, -0.05) is 36.6 Å². The average molecular weight is 495 g/mol. The Morgan fingerprint density at radius 3 is 2.33 bits per heavy atom. The fourth-order valence-electron chi connectivity index (χ4n) is 5.42. The van der Waals surface area contributed by atoms with Gasteiger partial charge in [0.05, 0.1) is 17.8 Å². The van der Waals surface area contributed by atoms with Crippen LogP contribution in [0.5, 0.6) is 11.5 Å². The van der Waals surface area contributed by atoms with Crippen LogP contribution in [0.1, 0.15) is 60.6 Å². The fraction of sp³-hybridized carbons (Fsp3) is 0.267. The summed E-state index contributed by atoms with van der Waals surface area (Å²) in [5, 5.41) is 4.27. The van der Waals surface area contributed by atoms with Gasteiger partial charge < -0.3 is 19.5 Å². The van der Waals surface area contributed by atoms with Crippen LogP contribution in [0, 0.1) is 6.92 Å². The Labute approximate surface area is 217 Å². The second kappa shape index (κ2) is 9.78. The topological polar surface area (TPSA) is 42.3 Å². The largest absolute Gasteiger partial charge is 0.457 e. The van der Waals surface area contributed by atoms with Crippen molar-refractivity contribution in [2.75, 3.05) is 4.90 Å². The van der Waals surface area contributed by atoms with Gasteiger partial charge in [0, 0.05) is 30.3 Å². The highest BCUT2D eigenvalue weighted by Gasteiger charge is 2.41. The van der Waals surface area contributed by atoms with Gasteiger partial charge in [-0.15, -0.1) is 0 Å². The number of hydrogen-bond donors (Lipinski definition) is 1. The van der Waals surface area contributed by atoms with Crippen molar-refractivity contribution in [1.29, 1.82) is 0 Å². The van der Waals surface area contributed by atoms with E-state index in [0.717, 1.165) is 22.9 Å². The number of anilines is 1. The lowest BCUT2D eigenvalue weighted by atomic mass is 9.98. The molecule has 182 valence electrons. The van der Waals surface area contributed by atoms with Crippen LogP contribution in [0.2, 0.25) is 0 Å². The van der Waals surface area contributed by atoms with Crippen molar-refractivity contribution >= 4 is 23.0 Å². The van der Waals surface area contributed by atoms with E-state index in [4.69, 9.17) is 17.0 Å². The molecule has 1 saturated carbocycles. The highest BCUT2D eigenvalue weighted by Crippen LogP contribution is 2.43. The van der Waals surface area contributed by atoms with Gasteiger partial charge in [-0.05, 0) is 92.1 Å². The third-order valence-electron chi connectivity index (χ3n) is 7.29. The molecule has 0 spiro atoms. The number of nitrogens with one attached hydrogen (secondary N) is 1. The summed E-state index contributed by atoms with van der Waals surface area (Å²) < 4.78 is 8.46. The second-order valence-corrected chi connectivity index (χ2v) is 10.1. The summed E-state index contributed by atoms with van der Waals surface area (Å²) in [6, 6.07) is 25.1. The molecule has 5 nitrogen and oxygen atoms in total. The summed E-state index contributed by atoms with van der Waals surface area (Å²) in [6.07, 6.45) is 11.5. The van der Waals surface area contributed by atoms with E-state index in [-0.39, 0.29) is 12.1 Å². The van der Waals surface area contributed by atoms with Gasteiger partial charge in [-0.25, -0.2) is 0 Å². The number of ether oxygens (including phenoxy) is 1. The number of hydrogen-bond acceptors (Lipinski definition) is 3. The SMILES string of the molecule is Cc1ccc(Oc2ccc(N3C(=S)NC(c4ccccn4)C3c3ccn(C4CCCC4)c3)cc2)cc1. The van der Waals surface area contributed by atoms with Crippen LogP contribution in [0.3, 0.4) is 0 Å². The van der Waals surface area contributed by atoms with E-state index in [2.05, 4.69) is 75.5 Å². The predicted octanol–water partition coefficient (Wildman–Crippen LogP) is 7.28. The number of aryl methyl sites for hydroxylation is 1. The molecule has 2 fully saturated rings. The Morgan fingerprint density at radius 1 is 0.917 bits per heavy atom. The number of benzene rings is 2. The zero-order chi connectivity index (χ0) is 24.5. The van der Waals surface area contributed by atoms with Gasteiger partial charge in [-0.2, -0.15) is 0 Å². The molecule has 2 aromatic heterocycles. The first-order valence-electron chi connectivity index (χ1n) is 12.7. The van der Waals surface area contributed by atoms with Crippen molar-refractivity contribution in [3.63, 3.8) is 0 Å². The van der Waals surface area contributed by atoms with E-state index in [1.54, 1.807) is 0 Å². The van der Waals surface area contributed by atoms with Crippen LogP contribution < -0.4 is 15.0 Å². The third kappa shape index (κ3) is 4.49. The maximum absolute atomic E-state index is 6.06. The van der Waals surface area contributed by atoms with E-state index in [1.807, 2.05) is 42.6 Å². The first kappa shape index (κ1) is 22.8. The Kier molecular flexibility index (Phi) is 6.20. The zero-order valence-corrected chi connectivity index (χ0v) is 21.2. The Balaban J connectivity index is 1.32. The van der Waals surface area contributed by atoms with Gasteiger partial charge >= 0.3 is 0 Å². The second-order valence-electron chi connectivity index (χ2n) is 9.74. The van der Waals surface area contributed by atoms with E-state index in [9.17, 15) is 0 Å². The molecule has 4 aromatic rings. The Bertz CT molecular complexity index is 1330. The summed E-state index contributed by atoms with van der Waals surface area (Å²) in [6.45, 7) is 2.07. The highest BCUT2D eigenvalue weighted by atomic mass is 32.1. The molecule has 0 bridgehead atoms. The minimum Gasteiger partial charge on any atom is -0.457 e. The summed E-state index contributed by atoms with van der Waals surface area (Å²) in [5.41, 5.74) is 4.47.